The molecule has 0 aliphatic heterocycles. The van der Waals surface area contributed by atoms with Crippen molar-refractivity contribution < 1.29 is 13.0 Å². The van der Waals surface area contributed by atoms with Gasteiger partial charge < -0.3 is 9.88 Å². The fourth-order valence-corrected chi connectivity index (χ4v) is 4.62. The molecule has 4 aromatic rings. The summed E-state index contributed by atoms with van der Waals surface area (Å²) in [4.78, 5) is 26.6. The van der Waals surface area contributed by atoms with Crippen LogP contribution in [0.25, 0.3) is 22.2 Å². The van der Waals surface area contributed by atoms with Crippen molar-refractivity contribution >= 4 is 39.1 Å². The molecule has 1 saturated carbocycles. The second kappa shape index (κ2) is 11.5. The van der Waals surface area contributed by atoms with Crippen LogP contribution >= 0.6 is 0 Å². The molecule has 2 heterocycles. The van der Waals surface area contributed by atoms with E-state index in [9.17, 15) is 18.2 Å². The molecule has 9 nitrogen and oxygen atoms in total. The summed E-state index contributed by atoms with van der Waals surface area (Å²) in [6.45, 7) is 5.71. The Hall–Kier alpha value is -3.90. The molecule has 12 heteroatoms. The van der Waals surface area contributed by atoms with Gasteiger partial charge in [-0.25, -0.2) is 18.0 Å². The number of nitrogens with one attached hydrogen (secondary N) is 3. The summed E-state index contributed by atoms with van der Waals surface area (Å²) in [6, 6.07) is 10.9. The molecular weight excluding hydrogens is 526 g/mol. The Morgan fingerprint density at radius 1 is 1.05 bits per heavy atom. The van der Waals surface area contributed by atoms with Crippen molar-refractivity contribution in [3.05, 3.63) is 80.4 Å². The molecule has 0 saturated heterocycles. The molecule has 206 valence electrons. The Morgan fingerprint density at radius 3 is 2.41 bits per heavy atom. The van der Waals surface area contributed by atoms with E-state index in [2.05, 4.69) is 19.9 Å². The summed E-state index contributed by atoms with van der Waals surface area (Å²) in [5, 5.41) is 7.13. The molecule has 1 fully saturated rings. The van der Waals surface area contributed by atoms with E-state index < -0.39 is 39.6 Å². The molecule has 0 radical (unpaired) electrons. The summed E-state index contributed by atoms with van der Waals surface area (Å²) < 4.78 is 49.8. The van der Waals surface area contributed by atoms with Crippen LogP contribution in [-0.2, 0) is 18.2 Å². The normalized spacial score (nSPS) is 13.5. The first kappa shape index (κ1) is 28.1. The fourth-order valence-electron chi connectivity index (χ4n) is 4.17. The standard InChI is InChI=1S/C25H24F2N6O3S.C2H6/c1-13-7-10-18(17(26)11-13)29-22-19-23(32(3)25(35)20(22)27)21(30-33(24(19)34)16-8-9-16)14-5-4-6-15(12-14)31-37(36)28-2;1-2/h4-7,10-12,16,28-29,31H,8-9H2,1-3H3;1-2H3. The van der Waals surface area contributed by atoms with Gasteiger partial charge in [0.25, 0.3) is 11.1 Å². The molecule has 1 aliphatic rings. The monoisotopic (exact) mass is 556 g/mol. The van der Waals surface area contributed by atoms with Crippen molar-refractivity contribution in [1.82, 2.24) is 19.1 Å². The van der Waals surface area contributed by atoms with Crippen LogP contribution < -0.4 is 25.9 Å². The van der Waals surface area contributed by atoms with Gasteiger partial charge in [-0.15, -0.1) is 0 Å². The summed E-state index contributed by atoms with van der Waals surface area (Å²) in [5.74, 6) is -1.85. The number of aryl methyl sites for hydroxylation is 2. The quantitative estimate of drug-likeness (QED) is 0.307. The molecule has 1 aliphatic carbocycles. The molecule has 5 rings (SSSR count). The number of aromatic nitrogens is 3. The molecule has 1 unspecified atom stereocenters. The first-order valence-corrected chi connectivity index (χ1v) is 13.7. The van der Waals surface area contributed by atoms with E-state index in [1.807, 2.05) is 13.8 Å². The van der Waals surface area contributed by atoms with Crippen LogP contribution in [-0.4, -0.2) is 25.6 Å². The highest BCUT2D eigenvalue weighted by Crippen LogP contribution is 2.37. The Bertz CT molecular complexity index is 1700. The van der Waals surface area contributed by atoms with Gasteiger partial charge in [-0.3, -0.25) is 14.3 Å². The maximum Gasteiger partial charge on any atom is 0.289 e. The third kappa shape index (κ3) is 5.48. The number of rotatable bonds is 7. The van der Waals surface area contributed by atoms with Crippen LogP contribution in [0.1, 0.15) is 38.3 Å². The first-order chi connectivity index (χ1) is 18.7. The van der Waals surface area contributed by atoms with Gasteiger partial charge in [0.15, 0.2) is 11.2 Å². The lowest BCUT2D eigenvalue weighted by atomic mass is 10.1. The predicted molar refractivity (Wildman–Crippen MR) is 152 cm³/mol. The third-order valence-electron chi connectivity index (χ3n) is 6.20. The summed E-state index contributed by atoms with van der Waals surface area (Å²) >= 11 is -1.54. The predicted octanol–water partition coefficient (Wildman–Crippen LogP) is 4.66. The number of anilines is 3. The minimum absolute atomic E-state index is 0.0736. The van der Waals surface area contributed by atoms with Crippen molar-refractivity contribution in [2.24, 2.45) is 7.05 Å². The van der Waals surface area contributed by atoms with Crippen LogP contribution in [0.3, 0.4) is 0 Å². The van der Waals surface area contributed by atoms with E-state index in [1.165, 1.54) is 30.9 Å². The Kier molecular flexibility index (Phi) is 8.26. The van der Waals surface area contributed by atoms with Gasteiger partial charge in [-0.05, 0) is 56.6 Å². The van der Waals surface area contributed by atoms with E-state index in [-0.39, 0.29) is 28.3 Å². The van der Waals surface area contributed by atoms with Gasteiger partial charge in [-0.1, -0.05) is 32.0 Å². The molecule has 2 aromatic heterocycles. The number of hydrogen-bond acceptors (Lipinski definition) is 5. The van der Waals surface area contributed by atoms with E-state index >= 15 is 4.39 Å². The zero-order chi connectivity index (χ0) is 28.4. The number of pyridine rings is 1. The van der Waals surface area contributed by atoms with E-state index in [1.54, 1.807) is 37.3 Å². The Labute approximate surface area is 226 Å². The van der Waals surface area contributed by atoms with E-state index in [4.69, 9.17) is 0 Å². The smallest absolute Gasteiger partial charge is 0.289 e. The van der Waals surface area contributed by atoms with Crippen molar-refractivity contribution in [3.63, 3.8) is 0 Å². The summed E-state index contributed by atoms with van der Waals surface area (Å²) in [6.07, 6.45) is 1.45. The highest BCUT2D eigenvalue weighted by Gasteiger charge is 2.31. The summed E-state index contributed by atoms with van der Waals surface area (Å²) in [7, 11) is 2.89. The highest BCUT2D eigenvalue weighted by molar-refractivity contribution is 7.84. The van der Waals surface area contributed by atoms with Crippen molar-refractivity contribution in [1.29, 1.82) is 0 Å². The molecule has 2 aromatic carbocycles. The maximum absolute atomic E-state index is 15.5. The van der Waals surface area contributed by atoms with Gasteiger partial charge in [0.1, 0.15) is 11.5 Å². The van der Waals surface area contributed by atoms with Gasteiger partial charge in [0, 0.05) is 18.3 Å². The molecule has 0 spiro atoms. The van der Waals surface area contributed by atoms with Crippen LogP contribution in [0.15, 0.2) is 52.1 Å². The fraction of sp³-hybridized carbons (Fsp3) is 0.296. The SMILES string of the molecule is CC.CNS(=O)Nc1cccc(-c2nn(C3CC3)c(=O)c3c(Nc4ccc(C)cc4F)c(F)c(=O)n(C)c23)c1. The van der Waals surface area contributed by atoms with Crippen LogP contribution in [0.5, 0.6) is 0 Å². The largest absolute Gasteiger partial charge is 0.350 e. The molecule has 39 heavy (non-hydrogen) atoms. The second-order valence-corrected chi connectivity index (χ2v) is 10.0. The lowest BCUT2D eigenvalue weighted by Gasteiger charge is -2.18. The average Bonchev–Trinajstić information content (AvgIpc) is 3.77. The number of hydrogen-bond donors (Lipinski definition) is 3. The molecule has 1 atom stereocenters. The van der Waals surface area contributed by atoms with Crippen LogP contribution in [0.2, 0.25) is 0 Å². The Morgan fingerprint density at radius 2 is 1.77 bits per heavy atom. The molecule has 0 amide bonds. The van der Waals surface area contributed by atoms with Crippen molar-refractivity contribution in [2.75, 3.05) is 17.1 Å². The minimum atomic E-state index is -1.54. The van der Waals surface area contributed by atoms with Gasteiger partial charge in [-0.2, -0.15) is 9.49 Å². The van der Waals surface area contributed by atoms with Gasteiger partial charge in [0.05, 0.1) is 28.3 Å². The lowest BCUT2D eigenvalue weighted by molar-refractivity contribution is 0.590. The molecular formula is C27H30F2N6O3S. The maximum atomic E-state index is 15.5. The molecule has 0 bridgehead atoms. The van der Waals surface area contributed by atoms with Crippen LogP contribution in [0.4, 0.5) is 25.8 Å². The number of nitrogens with zero attached hydrogens (tertiary/aromatic N) is 3. The van der Waals surface area contributed by atoms with Crippen molar-refractivity contribution in [3.8, 4) is 11.3 Å². The number of benzene rings is 2. The van der Waals surface area contributed by atoms with Crippen molar-refractivity contribution in [2.45, 2.75) is 39.7 Å². The van der Waals surface area contributed by atoms with E-state index in [0.29, 0.717) is 16.8 Å². The average molecular weight is 557 g/mol. The zero-order valence-corrected chi connectivity index (χ0v) is 23.1. The number of fused-ring (bicyclic) bond motifs is 1. The van der Waals surface area contributed by atoms with Gasteiger partial charge in [0.2, 0.25) is 5.82 Å². The molecule has 3 N–H and O–H groups in total. The minimum Gasteiger partial charge on any atom is -0.350 e. The second-order valence-electron chi connectivity index (χ2n) is 8.87. The van der Waals surface area contributed by atoms with Crippen LogP contribution in [0, 0.1) is 18.6 Å². The summed E-state index contributed by atoms with van der Waals surface area (Å²) in [5.41, 5.74) is -0.0561. The lowest BCUT2D eigenvalue weighted by Crippen LogP contribution is -2.30. The van der Waals surface area contributed by atoms with E-state index in [0.717, 1.165) is 17.4 Å². The third-order valence-corrected chi connectivity index (χ3v) is 6.99. The Balaban J connectivity index is 0.00000172. The highest BCUT2D eigenvalue weighted by atomic mass is 32.2. The first-order valence-electron chi connectivity index (χ1n) is 12.5. The zero-order valence-electron chi connectivity index (χ0n) is 22.3. The number of halogens is 2. The van der Waals surface area contributed by atoms with Gasteiger partial charge >= 0.3 is 0 Å². The topological polar surface area (TPSA) is 110 Å².